The van der Waals surface area contributed by atoms with Crippen molar-refractivity contribution in [2.75, 3.05) is 11.1 Å². The van der Waals surface area contributed by atoms with Crippen LogP contribution in [-0.2, 0) is 0 Å². The van der Waals surface area contributed by atoms with Gasteiger partial charge < -0.3 is 11.1 Å². The van der Waals surface area contributed by atoms with E-state index in [-0.39, 0.29) is 5.91 Å². The largest absolute Gasteiger partial charge is 0.398 e. The SMILES string of the molecule is Cc1cccc(C(=O)Nc2ccc(Cl)c(C#N)c2)c1N. The van der Waals surface area contributed by atoms with Gasteiger partial charge in [0.25, 0.3) is 5.91 Å². The Balaban J connectivity index is 2.29. The molecular formula is C15H12ClN3O. The standard InChI is InChI=1S/C15H12ClN3O/c1-9-3-2-4-12(14(9)18)15(20)19-11-5-6-13(16)10(7-11)8-17/h2-7H,18H2,1H3,(H,19,20). The van der Waals surface area contributed by atoms with Gasteiger partial charge in [-0.2, -0.15) is 5.26 Å². The highest BCUT2D eigenvalue weighted by atomic mass is 35.5. The smallest absolute Gasteiger partial charge is 0.257 e. The van der Waals surface area contributed by atoms with Crippen molar-refractivity contribution in [1.29, 1.82) is 5.26 Å². The Morgan fingerprint density at radius 2 is 2.10 bits per heavy atom. The molecule has 0 unspecified atom stereocenters. The van der Waals surface area contributed by atoms with Gasteiger partial charge in [-0.3, -0.25) is 4.79 Å². The molecule has 0 bridgehead atoms. The number of aryl methyl sites for hydroxylation is 1. The number of hydrogen-bond donors (Lipinski definition) is 2. The predicted molar refractivity (Wildman–Crippen MR) is 79.7 cm³/mol. The first-order valence-electron chi connectivity index (χ1n) is 5.89. The van der Waals surface area contributed by atoms with Gasteiger partial charge in [0, 0.05) is 11.4 Å². The van der Waals surface area contributed by atoms with Gasteiger partial charge >= 0.3 is 0 Å². The fraction of sp³-hybridized carbons (Fsp3) is 0.0667. The quantitative estimate of drug-likeness (QED) is 0.831. The average molecular weight is 286 g/mol. The molecule has 0 spiro atoms. The van der Waals surface area contributed by atoms with Gasteiger partial charge in [0.1, 0.15) is 6.07 Å². The lowest BCUT2D eigenvalue weighted by Crippen LogP contribution is -2.14. The van der Waals surface area contributed by atoms with Crippen molar-refractivity contribution in [3.05, 3.63) is 58.1 Å². The summed E-state index contributed by atoms with van der Waals surface area (Å²) < 4.78 is 0. The molecule has 2 aromatic rings. The van der Waals surface area contributed by atoms with E-state index in [0.717, 1.165) is 5.56 Å². The lowest BCUT2D eigenvalue weighted by atomic mass is 10.1. The summed E-state index contributed by atoms with van der Waals surface area (Å²) in [4.78, 5) is 12.2. The van der Waals surface area contributed by atoms with E-state index >= 15 is 0 Å². The molecule has 0 saturated heterocycles. The summed E-state index contributed by atoms with van der Waals surface area (Å²) in [5.41, 5.74) is 8.37. The summed E-state index contributed by atoms with van der Waals surface area (Å²) >= 11 is 5.84. The molecule has 0 heterocycles. The molecular weight excluding hydrogens is 274 g/mol. The van der Waals surface area contributed by atoms with Crippen LogP contribution in [-0.4, -0.2) is 5.91 Å². The van der Waals surface area contributed by atoms with Crippen LogP contribution < -0.4 is 11.1 Å². The van der Waals surface area contributed by atoms with Crippen molar-refractivity contribution in [3.8, 4) is 6.07 Å². The molecule has 0 saturated carbocycles. The maximum absolute atomic E-state index is 12.2. The molecule has 0 aliphatic heterocycles. The zero-order chi connectivity index (χ0) is 14.7. The molecule has 100 valence electrons. The third kappa shape index (κ3) is 2.73. The molecule has 1 amide bonds. The number of carbonyl (C=O) groups excluding carboxylic acids is 1. The lowest BCUT2D eigenvalue weighted by molar-refractivity contribution is 0.102. The predicted octanol–water partition coefficient (Wildman–Crippen LogP) is 3.35. The maximum atomic E-state index is 12.2. The first kappa shape index (κ1) is 13.9. The topological polar surface area (TPSA) is 78.9 Å². The highest BCUT2D eigenvalue weighted by Crippen LogP contribution is 2.22. The number of nitrogens with zero attached hydrogens (tertiary/aromatic N) is 1. The van der Waals surface area contributed by atoms with Gasteiger partial charge in [-0.1, -0.05) is 23.7 Å². The minimum Gasteiger partial charge on any atom is -0.398 e. The Labute approximate surface area is 121 Å². The normalized spacial score (nSPS) is 9.85. The van der Waals surface area contributed by atoms with Gasteiger partial charge in [0.2, 0.25) is 0 Å². The van der Waals surface area contributed by atoms with Gasteiger partial charge in [0.15, 0.2) is 0 Å². The third-order valence-corrected chi connectivity index (χ3v) is 3.24. The van der Waals surface area contributed by atoms with Gasteiger partial charge in [-0.05, 0) is 36.8 Å². The van der Waals surface area contributed by atoms with Crippen LogP contribution in [0.5, 0.6) is 0 Å². The number of benzene rings is 2. The number of nitrogen functional groups attached to an aromatic ring is 1. The zero-order valence-corrected chi connectivity index (χ0v) is 11.5. The Morgan fingerprint density at radius 1 is 1.35 bits per heavy atom. The van der Waals surface area contributed by atoms with E-state index in [2.05, 4.69) is 5.32 Å². The van der Waals surface area contributed by atoms with Crippen molar-refractivity contribution in [2.45, 2.75) is 6.92 Å². The number of para-hydroxylation sites is 1. The first-order valence-corrected chi connectivity index (χ1v) is 6.27. The molecule has 2 rings (SSSR count). The van der Waals surface area contributed by atoms with Gasteiger partial charge in [-0.25, -0.2) is 0 Å². The molecule has 3 N–H and O–H groups in total. The number of halogens is 1. The Bertz CT molecular complexity index is 720. The molecule has 20 heavy (non-hydrogen) atoms. The van der Waals surface area contributed by atoms with Crippen molar-refractivity contribution < 1.29 is 4.79 Å². The molecule has 0 radical (unpaired) electrons. The van der Waals surface area contributed by atoms with E-state index in [1.54, 1.807) is 24.3 Å². The van der Waals surface area contributed by atoms with Crippen LogP contribution >= 0.6 is 11.6 Å². The molecule has 0 aliphatic carbocycles. The summed E-state index contributed by atoms with van der Waals surface area (Å²) in [6.07, 6.45) is 0. The number of anilines is 2. The average Bonchev–Trinajstić information content (AvgIpc) is 2.43. The van der Waals surface area contributed by atoms with E-state index in [1.807, 2.05) is 19.1 Å². The van der Waals surface area contributed by atoms with Crippen LogP contribution in [0.15, 0.2) is 36.4 Å². The minimum absolute atomic E-state index is 0.307. The molecule has 0 aliphatic rings. The monoisotopic (exact) mass is 285 g/mol. The summed E-state index contributed by atoms with van der Waals surface area (Å²) in [6.45, 7) is 1.84. The second-order valence-corrected chi connectivity index (χ2v) is 4.70. The number of nitrogens with one attached hydrogen (secondary N) is 1. The van der Waals surface area contributed by atoms with Crippen LogP contribution in [0, 0.1) is 18.3 Å². The molecule has 4 nitrogen and oxygen atoms in total. The molecule has 2 aromatic carbocycles. The van der Waals surface area contributed by atoms with Crippen LogP contribution in [0.25, 0.3) is 0 Å². The summed E-state index contributed by atoms with van der Waals surface area (Å²) in [5, 5.41) is 12.0. The Kier molecular flexibility index (Phi) is 3.92. The highest BCUT2D eigenvalue weighted by molar-refractivity contribution is 6.31. The number of amides is 1. The van der Waals surface area contributed by atoms with Gasteiger partial charge in [-0.15, -0.1) is 0 Å². The summed E-state index contributed by atoms with van der Waals surface area (Å²) in [5.74, 6) is -0.322. The van der Waals surface area contributed by atoms with Crippen LogP contribution in [0.2, 0.25) is 5.02 Å². The molecule has 0 atom stereocenters. The molecule has 0 aromatic heterocycles. The Hall–Kier alpha value is -2.51. The maximum Gasteiger partial charge on any atom is 0.257 e. The van der Waals surface area contributed by atoms with Crippen molar-refractivity contribution in [3.63, 3.8) is 0 Å². The summed E-state index contributed by atoms with van der Waals surface area (Å²) in [7, 11) is 0. The number of nitrogens with two attached hydrogens (primary N) is 1. The van der Waals surface area contributed by atoms with Gasteiger partial charge in [0.05, 0.1) is 16.1 Å². The number of nitriles is 1. The second-order valence-electron chi connectivity index (χ2n) is 4.30. The fourth-order valence-corrected chi connectivity index (χ4v) is 1.93. The lowest BCUT2D eigenvalue weighted by Gasteiger charge is -2.09. The van der Waals surface area contributed by atoms with Crippen LogP contribution in [0.4, 0.5) is 11.4 Å². The Morgan fingerprint density at radius 3 is 2.80 bits per heavy atom. The van der Waals surface area contributed by atoms with Crippen LogP contribution in [0.1, 0.15) is 21.5 Å². The number of rotatable bonds is 2. The fourth-order valence-electron chi connectivity index (χ4n) is 1.77. The second kappa shape index (κ2) is 5.64. The zero-order valence-electron chi connectivity index (χ0n) is 10.8. The molecule has 0 fully saturated rings. The van der Waals surface area contributed by atoms with E-state index in [0.29, 0.717) is 27.5 Å². The minimum atomic E-state index is -0.322. The van der Waals surface area contributed by atoms with Crippen molar-refractivity contribution in [1.82, 2.24) is 0 Å². The van der Waals surface area contributed by atoms with Crippen LogP contribution in [0.3, 0.4) is 0 Å². The first-order chi connectivity index (χ1) is 9.52. The number of carbonyl (C=O) groups is 1. The van der Waals surface area contributed by atoms with Crippen molar-refractivity contribution >= 4 is 28.9 Å². The molecule has 5 heteroatoms. The van der Waals surface area contributed by atoms with E-state index < -0.39 is 0 Å². The number of hydrogen-bond acceptors (Lipinski definition) is 3. The third-order valence-electron chi connectivity index (χ3n) is 2.91. The highest BCUT2D eigenvalue weighted by Gasteiger charge is 2.11. The summed E-state index contributed by atoms with van der Waals surface area (Å²) in [6, 6.07) is 11.9. The van der Waals surface area contributed by atoms with E-state index in [9.17, 15) is 4.79 Å². The van der Waals surface area contributed by atoms with E-state index in [1.165, 1.54) is 6.07 Å². The van der Waals surface area contributed by atoms with Crippen molar-refractivity contribution in [2.24, 2.45) is 0 Å². The van der Waals surface area contributed by atoms with E-state index in [4.69, 9.17) is 22.6 Å².